The summed E-state index contributed by atoms with van der Waals surface area (Å²) in [5.74, 6) is -0.657. The van der Waals surface area contributed by atoms with Crippen molar-refractivity contribution >= 4 is 5.97 Å². The standard InChI is InChI=1S/C13H13F2NO4/c1-3-19-12(17)6-8-9(7-16)11(20-13(14)15)5-4-10(8)18-2/h4-5,13H,3,6H2,1-2H3. The summed E-state index contributed by atoms with van der Waals surface area (Å²) in [6, 6.07) is 4.29. The van der Waals surface area contributed by atoms with Crippen molar-refractivity contribution < 1.29 is 27.8 Å². The third-order valence-electron chi connectivity index (χ3n) is 2.41. The number of nitrogens with zero attached hydrogens (tertiary/aromatic N) is 1. The molecular formula is C13H13F2NO4. The van der Waals surface area contributed by atoms with Gasteiger partial charge in [-0.1, -0.05) is 0 Å². The molecule has 0 aliphatic rings. The highest BCUT2D eigenvalue weighted by Crippen LogP contribution is 2.31. The third kappa shape index (κ3) is 3.82. The van der Waals surface area contributed by atoms with Crippen molar-refractivity contribution in [1.29, 1.82) is 5.26 Å². The molecule has 0 saturated carbocycles. The first-order valence-electron chi connectivity index (χ1n) is 5.73. The predicted octanol–water partition coefficient (Wildman–Crippen LogP) is 2.27. The Labute approximate surface area is 114 Å². The molecule has 5 nitrogen and oxygen atoms in total. The van der Waals surface area contributed by atoms with E-state index in [9.17, 15) is 13.6 Å². The molecular weight excluding hydrogens is 272 g/mol. The molecule has 0 saturated heterocycles. The van der Waals surface area contributed by atoms with Gasteiger partial charge < -0.3 is 14.2 Å². The fraction of sp³-hybridized carbons (Fsp3) is 0.385. The van der Waals surface area contributed by atoms with Crippen LogP contribution in [0.1, 0.15) is 18.1 Å². The molecule has 0 spiro atoms. The molecule has 1 rings (SSSR count). The summed E-state index contributed by atoms with van der Waals surface area (Å²) in [5, 5.41) is 9.09. The van der Waals surface area contributed by atoms with Crippen LogP contribution >= 0.6 is 0 Å². The average molecular weight is 285 g/mol. The molecule has 20 heavy (non-hydrogen) atoms. The van der Waals surface area contributed by atoms with Crippen LogP contribution in [0.3, 0.4) is 0 Å². The number of methoxy groups -OCH3 is 1. The zero-order chi connectivity index (χ0) is 15.1. The number of alkyl halides is 2. The highest BCUT2D eigenvalue weighted by atomic mass is 19.3. The maximum absolute atomic E-state index is 12.3. The van der Waals surface area contributed by atoms with Gasteiger partial charge in [-0.15, -0.1) is 0 Å². The number of hydrogen-bond acceptors (Lipinski definition) is 5. The number of hydrogen-bond donors (Lipinski definition) is 0. The Hall–Kier alpha value is -2.36. The second kappa shape index (κ2) is 7.28. The van der Waals surface area contributed by atoms with E-state index in [1.807, 2.05) is 0 Å². The molecule has 0 bridgehead atoms. The van der Waals surface area contributed by atoms with Crippen molar-refractivity contribution in [3.63, 3.8) is 0 Å². The fourth-order valence-corrected chi connectivity index (χ4v) is 1.65. The lowest BCUT2D eigenvalue weighted by Gasteiger charge is -2.13. The second-order valence-electron chi connectivity index (χ2n) is 3.59. The van der Waals surface area contributed by atoms with E-state index < -0.39 is 12.6 Å². The van der Waals surface area contributed by atoms with Gasteiger partial charge in [-0.2, -0.15) is 14.0 Å². The maximum Gasteiger partial charge on any atom is 0.387 e. The Balaban J connectivity index is 3.22. The number of carbonyl (C=O) groups is 1. The highest BCUT2D eigenvalue weighted by Gasteiger charge is 2.20. The van der Waals surface area contributed by atoms with Crippen molar-refractivity contribution in [2.75, 3.05) is 13.7 Å². The molecule has 108 valence electrons. The van der Waals surface area contributed by atoms with Crippen LogP contribution in [0.5, 0.6) is 11.5 Å². The monoisotopic (exact) mass is 285 g/mol. The molecule has 0 unspecified atom stereocenters. The van der Waals surface area contributed by atoms with Crippen LogP contribution in [-0.4, -0.2) is 26.3 Å². The highest BCUT2D eigenvalue weighted by molar-refractivity contribution is 5.75. The average Bonchev–Trinajstić information content (AvgIpc) is 2.39. The normalized spacial score (nSPS) is 10.0. The zero-order valence-electron chi connectivity index (χ0n) is 11.0. The van der Waals surface area contributed by atoms with Gasteiger partial charge in [0.05, 0.1) is 20.1 Å². The Morgan fingerprint density at radius 1 is 1.40 bits per heavy atom. The molecule has 0 amide bonds. The number of ether oxygens (including phenoxy) is 3. The van der Waals surface area contributed by atoms with E-state index in [4.69, 9.17) is 14.7 Å². The molecule has 0 aromatic heterocycles. The third-order valence-corrected chi connectivity index (χ3v) is 2.41. The molecule has 1 aromatic carbocycles. The van der Waals surface area contributed by atoms with E-state index in [-0.39, 0.29) is 35.7 Å². The molecule has 0 aliphatic carbocycles. The van der Waals surface area contributed by atoms with E-state index >= 15 is 0 Å². The van der Waals surface area contributed by atoms with Crippen LogP contribution in [0.2, 0.25) is 0 Å². The Morgan fingerprint density at radius 3 is 2.55 bits per heavy atom. The van der Waals surface area contributed by atoms with E-state index in [1.54, 1.807) is 13.0 Å². The van der Waals surface area contributed by atoms with Gasteiger partial charge in [-0.3, -0.25) is 4.79 Å². The first-order valence-corrected chi connectivity index (χ1v) is 5.73. The molecule has 0 radical (unpaired) electrons. The Kier molecular flexibility index (Phi) is 5.72. The minimum Gasteiger partial charge on any atom is -0.496 e. The molecule has 1 aromatic rings. The van der Waals surface area contributed by atoms with Crippen molar-refractivity contribution in [1.82, 2.24) is 0 Å². The summed E-state index contributed by atoms with van der Waals surface area (Å²) in [6.45, 7) is -1.25. The number of carbonyl (C=O) groups excluding carboxylic acids is 1. The first-order chi connectivity index (χ1) is 9.53. The van der Waals surface area contributed by atoms with Crippen molar-refractivity contribution in [3.05, 3.63) is 23.3 Å². The zero-order valence-corrected chi connectivity index (χ0v) is 11.0. The summed E-state index contributed by atoms with van der Waals surface area (Å²) in [6.07, 6.45) is -0.264. The summed E-state index contributed by atoms with van der Waals surface area (Å²) >= 11 is 0. The van der Waals surface area contributed by atoms with Crippen molar-refractivity contribution in [2.45, 2.75) is 20.0 Å². The largest absolute Gasteiger partial charge is 0.496 e. The van der Waals surface area contributed by atoms with E-state index in [1.165, 1.54) is 19.2 Å². The van der Waals surface area contributed by atoms with Gasteiger partial charge in [0.1, 0.15) is 23.1 Å². The van der Waals surface area contributed by atoms with Crippen molar-refractivity contribution in [2.24, 2.45) is 0 Å². The van der Waals surface area contributed by atoms with Gasteiger partial charge in [-0.25, -0.2) is 0 Å². The van der Waals surface area contributed by atoms with Gasteiger partial charge in [0.15, 0.2) is 0 Å². The van der Waals surface area contributed by atoms with Crippen LogP contribution in [0.15, 0.2) is 12.1 Å². The van der Waals surface area contributed by atoms with Gasteiger partial charge >= 0.3 is 12.6 Å². The second-order valence-corrected chi connectivity index (χ2v) is 3.59. The lowest BCUT2D eigenvalue weighted by molar-refractivity contribution is -0.142. The fourth-order valence-electron chi connectivity index (χ4n) is 1.65. The first kappa shape index (κ1) is 15.7. The minimum absolute atomic E-state index is 0.159. The molecule has 7 heteroatoms. The molecule has 0 N–H and O–H groups in total. The number of nitriles is 1. The molecule has 0 fully saturated rings. The summed E-state index contributed by atoms with van der Waals surface area (Å²) in [5.41, 5.74) is -0.00990. The van der Waals surface area contributed by atoms with Crippen LogP contribution in [0.25, 0.3) is 0 Å². The molecule has 0 heterocycles. The lowest BCUT2D eigenvalue weighted by atomic mass is 10.0. The SMILES string of the molecule is CCOC(=O)Cc1c(OC)ccc(OC(F)F)c1C#N. The summed E-state index contributed by atoms with van der Waals surface area (Å²) in [4.78, 5) is 11.5. The van der Waals surface area contributed by atoms with E-state index in [0.29, 0.717) is 0 Å². The molecule has 0 atom stereocenters. The van der Waals surface area contributed by atoms with Crippen molar-refractivity contribution in [3.8, 4) is 17.6 Å². The number of esters is 1. The van der Waals surface area contributed by atoms with Gasteiger partial charge in [0.25, 0.3) is 0 Å². The van der Waals surface area contributed by atoms with Crippen LogP contribution in [0, 0.1) is 11.3 Å². The molecule has 0 aliphatic heterocycles. The van der Waals surface area contributed by atoms with E-state index in [2.05, 4.69) is 4.74 Å². The van der Waals surface area contributed by atoms with E-state index in [0.717, 1.165) is 0 Å². The Morgan fingerprint density at radius 2 is 2.05 bits per heavy atom. The van der Waals surface area contributed by atoms with Crippen LogP contribution in [0.4, 0.5) is 8.78 Å². The van der Waals surface area contributed by atoms with Gasteiger partial charge in [-0.05, 0) is 19.1 Å². The number of halogens is 2. The van der Waals surface area contributed by atoms with Gasteiger partial charge in [0.2, 0.25) is 0 Å². The summed E-state index contributed by atoms with van der Waals surface area (Å²) < 4.78 is 38.6. The number of benzene rings is 1. The topological polar surface area (TPSA) is 68.6 Å². The smallest absolute Gasteiger partial charge is 0.387 e. The van der Waals surface area contributed by atoms with Crippen LogP contribution in [-0.2, 0) is 16.0 Å². The quantitative estimate of drug-likeness (QED) is 0.750. The van der Waals surface area contributed by atoms with Gasteiger partial charge in [0, 0.05) is 5.56 Å². The minimum atomic E-state index is -3.06. The summed E-state index contributed by atoms with van der Waals surface area (Å²) in [7, 11) is 1.35. The van der Waals surface area contributed by atoms with Crippen LogP contribution < -0.4 is 9.47 Å². The predicted molar refractivity (Wildman–Crippen MR) is 64.7 cm³/mol. The maximum atomic E-state index is 12.3. The lowest BCUT2D eigenvalue weighted by Crippen LogP contribution is -2.11. The number of rotatable bonds is 6. The Bertz CT molecular complexity index is 526.